The number of carbonyl (C=O) groups is 4. The summed E-state index contributed by atoms with van der Waals surface area (Å²) in [4.78, 5) is 54.7. The largest absolute Gasteiger partial charge is 0.449 e. The van der Waals surface area contributed by atoms with Gasteiger partial charge in [-0.25, -0.2) is 4.79 Å². The van der Waals surface area contributed by atoms with Crippen LogP contribution in [0, 0.1) is 0 Å². The molecule has 4 amide bonds. The van der Waals surface area contributed by atoms with E-state index < -0.39 is 41.9 Å². The van der Waals surface area contributed by atoms with Gasteiger partial charge in [0.2, 0.25) is 17.7 Å². The molecule has 49 heavy (non-hydrogen) atoms. The summed E-state index contributed by atoms with van der Waals surface area (Å²) in [6.45, 7) is 0.379. The summed E-state index contributed by atoms with van der Waals surface area (Å²) >= 11 is 1.08. The predicted octanol–water partition coefficient (Wildman–Crippen LogP) is 4.32. The molecule has 1 saturated heterocycles. The quantitative estimate of drug-likeness (QED) is 0.163. The van der Waals surface area contributed by atoms with Gasteiger partial charge >= 0.3 is 6.09 Å². The van der Waals surface area contributed by atoms with Crippen LogP contribution in [0.2, 0.25) is 0 Å². The Morgan fingerprint density at radius 1 is 0.857 bits per heavy atom. The minimum absolute atomic E-state index is 0.0778. The Labute approximate surface area is 289 Å². The number of amides is 4. The van der Waals surface area contributed by atoms with Crippen LogP contribution in [0.25, 0.3) is 21.9 Å². The van der Waals surface area contributed by atoms with Gasteiger partial charge in [0.15, 0.2) is 0 Å². The Balaban J connectivity index is 1.12. The van der Waals surface area contributed by atoms with Crippen molar-refractivity contribution in [2.24, 2.45) is 5.73 Å². The van der Waals surface area contributed by atoms with Crippen molar-refractivity contribution in [3.63, 3.8) is 0 Å². The summed E-state index contributed by atoms with van der Waals surface area (Å²) in [7, 11) is 0. The van der Waals surface area contributed by atoms with E-state index in [4.69, 9.17) is 10.5 Å². The van der Waals surface area contributed by atoms with Crippen molar-refractivity contribution in [3.05, 3.63) is 108 Å². The zero-order chi connectivity index (χ0) is 34.3. The highest BCUT2D eigenvalue weighted by molar-refractivity contribution is 7.99. The normalized spacial score (nSPS) is 16.7. The van der Waals surface area contributed by atoms with E-state index in [1.165, 1.54) is 4.90 Å². The van der Waals surface area contributed by atoms with Crippen molar-refractivity contribution in [1.29, 1.82) is 0 Å². The molecule has 11 heteroatoms. The molecule has 4 aromatic rings. The number of piperidine rings is 1. The Kier molecular flexibility index (Phi) is 10.8. The molecule has 5 N–H and O–H groups in total. The Morgan fingerprint density at radius 2 is 1.53 bits per heavy atom. The van der Waals surface area contributed by atoms with Gasteiger partial charge in [-0.2, -0.15) is 0 Å². The van der Waals surface area contributed by atoms with E-state index in [1.807, 2.05) is 78.9 Å². The third-order valence-corrected chi connectivity index (χ3v) is 10.1. The van der Waals surface area contributed by atoms with Gasteiger partial charge in [0.1, 0.15) is 24.7 Å². The van der Waals surface area contributed by atoms with Crippen LogP contribution >= 0.6 is 11.8 Å². The number of alkyl carbamates (subject to hydrolysis) is 1. The maximum absolute atomic E-state index is 14.0. The van der Waals surface area contributed by atoms with Gasteiger partial charge in [0, 0.05) is 24.6 Å². The minimum Gasteiger partial charge on any atom is -0.449 e. The standard InChI is InChI=1S/C38H40N4O6S/c39-35(44)32(20-24-16-17-25-9-1-2-10-26(25)19-24)40-36(45)34-15-7-8-18-42(34)37(46)33(22-49-23-43)41-38(47)48-21-31-29-13-5-3-11-27(29)28-12-4-6-14-30(28)31/h1-6,9-14,16-17,19,31-34,43H,7-8,15,18,20-23H2,(H2,39,44)(H,40,45)(H,41,47)/t32-,33-,34-/m0/s1. The third kappa shape index (κ3) is 7.73. The summed E-state index contributed by atoms with van der Waals surface area (Å²) in [5, 5.41) is 17.1. The first-order valence-corrected chi connectivity index (χ1v) is 17.7. The average molecular weight is 681 g/mol. The molecular weight excluding hydrogens is 641 g/mol. The lowest BCUT2D eigenvalue weighted by atomic mass is 9.98. The highest BCUT2D eigenvalue weighted by Crippen LogP contribution is 2.44. The molecule has 4 aromatic carbocycles. The molecule has 1 aliphatic carbocycles. The van der Waals surface area contributed by atoms with Gasteiger partial charge in [0.25, 0.3) is 0 Å². The number of aliphatic hydroxyl groups excluding tert-OH is 1. The van der Waals surface area contributed by atoms with Gasteiger partial charge in [-0.15, -0.1) is 11.8 Å². The van der Waals surface area contributed by atoms with Gasteiger partial charge in [-0.3, -0.25) is 14.4 Å². The van der Waals surface area contributed by atoms with Crippen LogP contribution < -0.4 is 16.4 Å². The third-order valence-electron chi connectivity index (χ3n) is 9.31. The molecular formula is C38H40N4O6S. The fourth-order valence-corrected chi connectivity index (χ4v) is 7.45. The second-order valence-electron chi connectivity index (χ2n) is 12.4. The number of benzene rings is 4. The number of ether oxygens (including phenoxy) is 1. The SMILES string of the molecule is NC(=O)[C@H](Cc1ccc2ccccc2c1)NC(=O)[C@@H]1CCCCN1C(=O)[C@H](CSCO)NC(=O)OCC1c2ccccc2-c2ccccc21. The number of fused-ring (bicyclic) bond motifs is 4. The number of likely N-dealkylation sites (tertiary alicyclic amines) is 1. The van der Waals surface area contributed by atoms with E-state index in [0.29, 0.717) is 25.8 Å². The number of primary amides is 1. The van der Waals surface area contributed by atoms with Crippen molar-refractivity contribution in [2.75, 3.05) is 24.8 Å². The van der Waals surface area contributed by atoms with Crippen molar-refractivity contribution < 1.29 is 29.0 Å². The van der Waals surface area contributed by atoms with Crippen LogP contribution in [0.5, 0.6) is 0 Å². The predicted molar refractivity (Wildman–Crippen MR) is 190 cm³/mol. The first kappa shape index (κ1) is 34.0. The summed E-state index contributed by atoms with van der Waals surface area (Å²) in [6.07, 6.45) is 1.22. The number of nitrogens with two attached hydrogens (primary N) is 1. The molecule has 0 bridgehead atoms. The molecule has 10 nitrogen and oxygen atoms in total. The molecule has 0 saturated carbocycles. The average Bonchev–Trinajstić information content (AvgIpc) is 3.45. The van der Waals surface area contributed by atoms with Crippen LogP contribution in [0.4, 0.5) is 4.79 Å². The van der Waals surface area contributed by atoms with Crippen LogP contribution in [-0.4, -0.2) is 76.8 Å². The van der Waals surface area contributed by atoms with Crippen LogP contribution in [0.15, 0.2) is 91.0 Å². The highest BCUT2D eigenvalue weighted by atomic mass is 32.2. The van der Waals surface area contributed by atoms with Gasteiger partial charge in [-0.1, -0.05) is 91.0 Å². The number of nitrogens with one attached hydrogen (secondary N) is 2. The van der Waals surface area contributed by atoms with Crippen LogP contribution in [0.3, 0.4) is 0 Å². The molecule has 3 atom stereocenters. The Morgan fingerprint density at radius 3 is 2.22 bits per heavy atom. The molecule has 0 aromatic heterocycles. The number of carbonyl (C=O) groups excluding carboxylic acids is 4. The molecule has 0 radical (unpaired) electrons. The van der Waals surface area contributed by atoms with E-state index in [-0.39, 0.29) is 30.6 Å². The Bertz CT molecular complexity index is 1800. The maximum Gasteiger partial charge on any atom is 0.407 e. The van der Waals surface area contributed by atoms with Crippen molar-refractivity contribution in [2.45, 2.75) is 49.7 Å². The van der Waals surface area contributed by atoms with Crippen LogP contribution in [-0.2, 0) is 25.5 Å². The van der Waals surface area contributed by atoms with Crippen molar-refractivity contribution in [3.8, 4) is 11.1 Å². The van der Waals surface area contributed by atoms with Gasteiger partial charge < -0.3 is 31.1 Å². The van der Waals surface area contributed by atoms with E-state index in [9.17, 15) is 24.3 Å². The van der Waals surface area contributed by atoms with Crippen molar-refractivity contribution >= 4 is 46.3 Å². The molecule has 1 aliphatic heterocycles. The number of hydrogen-bond acceptors (Lipinski definition) is 7. The fraction of sp³-hybridized carbons (Fsp3) is 0.316. The molecule has 0 spiro atoms. The highest BCUT2D eigenvalue weighted by Gasteiger charge is 2.38. The minimum atomic E-state index is -1.05. The van der Waals surface area contributed by atoms with E-state index in [1.54, 1.807) is 0 Å². The van der Waals surface area contributed by atoms with E-state index >= 15 is 0 Å². The fourth-order valence-electron chi connectivity index (χ4n) is 6.89. The summed E-state index contributed by atoms with van der Waals surface area (Å²) in [5.74, 6) is -1.94. The molecule has 1 fully saturated rings. The zero-order valence-electron chi connectivity index (χ0n) is 27.0. The maximum atomic E-state index is 14.0. The second kappa shape index (κ2) is 15.6. The lowest BCUT2D eigenvalue weighted by Crippen LogP contribution is -2.60. The smallest absolute Gasteiger partial charge is 0.407 e. The molecule has 6 rings (SSSR count). The van der Waals surface area contributed by atoms with Gasteiger partial charge in [0.05, 0.1) is 5.94 Å². The topological polar surface area (TPSA) is 151 Å². The molecule has 0 unspecified atom stereocenters. The van der Waals surface area contributed by atoms with Gasteiger partial charge in [-0.05, 0) is 57.9 Å². The second-order valence-corrected chi connectivity index (χ2v) is 13.4. The van der Waals surface area contributed by atoms with E-state index in [0.717, 1.165) is 50.4 Å². The number of nitrogens with zero attached hydrogens (tertiary/aromatic N) is 1. The first-order valence-electron chi connectivity index (χ1n) is 16.5. The van der Waals surface area contributed by atoms with E-state index in [2.05, 4.69) is 22.8 Å². The lowest BCUT2D eigenvalue weighted by Gasteiger charge is -2.37. The first-order chi connectivity index (χ1) is 23.8. The van der Waals surface area contributed by atoms with Crippen LogP contribution in [0.1, 0.15) is 41.9 Å². The lowest BCUT2D eigenvalue weighted by molar-refractivity contribution is -0.144. The zero-order valence-corrected chi connectivity index (χ0v) is 27.9. The summed E-state index contributed by atoms with van der Waals surface area (Å²) < 4.78 is 5.70. The monoisotopic (exact) mass is 680 g/mol. The van der Waals surface area contributed by atoms with Crippen molar-refractivity contribution in [1.82, 2.24) is 15.5 Å². The number of rotatable bonds is 12. The Hall–Kier alpha value is -4.87. The summed E-state index contributed by atoms with van der Waals surface area (Å²) in [6, 6.07) is 26.8. The molecule has 2 aliphatic rings. The number of aliphatic hydroxyl groups is 1. The number of thioether (sulfide) groups is 1. The molecule has 1 heterocycles. The molecule has 254 valence electrons. The summed E-state index contributed by atoms with van der Waals surface area (Å²) in [5.41, 5.74) is 10.9. The number of hydrogen-bond donors (Lipinski definition) is 4.